The van der Waals surface area contributed by atoms with Crippen LogP contribution in [0.25, 0.3) is 0 Å². The second-order valence-corrected chi connectivity index (χ2v) is 5.18. The molecular weight excluding hydrogens is 192 g/mol. The average molecular weight is 210 g/mol. The van der Waals surface area contributed by atoms with Crippen LogP contribution in [-0.2, 0) is 14.3 Å². The van der Waals surface area contributed by atoms with Gasteiger partial charge in [-0.2, -0.15) is 0 Å². The molecule has 4 atom stereocenters. The predicted molar refractivity (Wildman–Crippen MR) is 55.1 cm³/mol. The molecule has 3 heteroatoms. The van der Waals surface area contributed by atoms with Gasteiger partial charge in [0.25, 0.3) is 0 Å². The van der Waals surface area contributed by atoms with E-state index in [1.54, 1.807) is 0 Å². The third kappa shape index (κ3) is 1.32. The molecule has 0 aliphatic heterocycles. The zero-order chi connectivity index (χ0) is 11.2. The van der Waals surface area contributed by atoms with Crippen LogP contribution in [0, 0.1) is 23.2 Å². The fourth-order valence-electron chi connectivity index (χ4n) is 3.29. The van der Waals surface area contributed by atoms with Gasteiger partial charge in [-0.15, -0.1) is 0 Å². The summed E-state index contributed by atoms with van der Waals surface area (Å²) >= 11 is 0. The molecule has 0 radical (unpaired) electrons. The zero-order valence-electron chi connectivity index (χ0n) is 9.58. The minimum Gasteiger partial charge on any atom is -0.469 e. The van der Waals surface area contributed by atoms with Crippen LogP contribution in [0.5, 0.6) is 0 Å². The summed E-state index contributed by atoms with van der Waals surface area (Å²) in [6.45, 7) is 4.02. The van der Waals surface area contributed by atoms with Crippen LogP contribution >= 0.6 is 0 Å². The number of ketones is 1. The maximum absolute atomic E-state index is 11.9. The van der Waals surface area contributed by atoms with Gasteiger partial charge in [-0.1, -0.05) is 13.8 Å². The van der Waals surface area contributed by atoms with Crippen molar-refractivity contribution in [3.05, 3.63) is 0 Å². The summed E-state index contributed by atoms with van der Waals surface area (Å²) in [5.74, 6) is 0.249. The number of carbonyl (C=O) groups is 2. The molecule has 3 aliphatic carbocycles. The highest BCUT2D eigenvalue weighted by atomic mass is 16.5. The summed E-state index contributed by atoms with van der Waals surface area (Å²) in [4.78, 5) is 23.6. The van der Waals surface area contributed by atoms with Crippen molar-refractivity contribution in [2.45, 2.75) is 33.1 Å². The predicted octanol–water partition coefficient (Wildman–Crippen LogP) is 1.80. The van der Waals surface area contributed by atoms with Crippen LogP contribution in [0.2, 0.25) is 0 Å². The van der Waals surface area contributed by atoms with Crippen LogP contribution in [0.15, 0.2) is 0 Å². The highest BCUT2D eigenvalue weighted by molar-refractivity contribution is 5.88. The Kier molecular flexibility index (Phi) is 2.36. The van der Waals surface area contributed by atoms with Crippen molar-refractivity contribution in [2.24, 2.45) is 23.2 Å². The van der Waals surface area contributed by atoms with Gasteiger partial charge in [-0.05, 0) is 24.7 Å². The number of hydrogen-bond acceptors (Lipinski definition) is 3. The lowest BCUT2D eigenvalue weighted by atomic mass is 9.51. The first-order valence-corrected chi connectivity index (χ1v) is 5.62. The first-order valence-electron chi connectivity index (χ1n) is 5.62. The minimum atomic E-state index is -0.168. The van der Waals surface area contributed by atoms with Crippen molar-refractivity contribution < 1.29 is 14.3 Å². The summed E-state index contributed by atoms with van der Waals surface area (Å²) in [6, 6.07) is 0. The largest absolute Gasteiger partial charge is 0.469 e. The van der Waals surface area contributed by atoms with E-state index in [2.05, 4.69) is 6.92 Å². The van der Waals surface area contributed by atoms with Crippen LogP contribution in [0.4, 0.5) is 0 Å². The van der Waals surface area contributed by atoms with Crippen molar-refractivity contribution in [1.29, 1.82) is 0 Å². The van der Waals surface area contributed by atoms with E-state index in [0.717, 1.165) is 12.8 Å². The Balaban J connectivity index is 2.31. The smallest absolute Gasteiger partial charge is 0.309 e. The van der Waals surface area contributed by atoms with Gasteiger partial charge in [-0.3, -0.25) is 9.59 Å². The van der Waals surface area contributed by atoms with Gasteiger partial charge < -0.3 is 4.74 Å². The van der Waals surface area contributed by atoms with Gasteiger partial charge in [0.05, 0.1) is 13.0 Å². The quantitative estimate of drug-likeness (QED) is 0.620. The molecule has 3 rings (SSSR count). The molecule has 3 fully saturated rings. The second kappa shape index (κ2) is 3.32. The fourth-order valence-corrected chi connectivity index (χ4v) is 3.29. The topological polar surface area (TPSA) is 43.4 Å². The Morgan fingerprint density at radius 3 is 2.80 bits per heavy atom. The van der Waals surface area contributed by atoms with Gasteiger partial charge >= 0.3 is 5.97 Å². The lowest BCUT2D eigenvalue weighted by Gasteiger charge is -2.51. The maximum atomic E-state index is 11.9. The molecule has 2 unspecified atom stereocenters. The molecule has 3 saturated carbocycles. The molecule has 0 spiro atoms. The molecule has 3 aliphatic rings. The molecule has 2 bridgehead atoms. The lowest BCUT2D eigenvalue weighted by Crippen LogP contribution is -2.54. The number of rotatable bonds is 1. The Labute approximate surface area is 90.2 Å². The number of carbonyl (C=O) groups excluding carboxylic acids is 2. The second-order valence-electron chi connectivity index (χ2n) is 5.18. The molecule has 0 N–H and O–H groups in total. The van der Waals surface area contributed by atoms with E-state index in [0.29, 0.717) is 12.2 Å². The molecule has 0 aromatic carbocycles. The third-order valence-electron chi connectivity index (χ3n) is 4.65. The van der Waals surface area contributed by atoms with E-state index in [1.807, 2.05) is 6.92 Å². The molecule has 0 saturated heterocycles. The van der Waals surface area contributed by atoms with E-state index < -0.39 is 0 Å². The summed E-state index contributed by atoms with van der Waals surface area (Å²) in [7, 11) is 1.43. The number of hydrogen-bond donors (Lipinski definition) is 0. The van der Waals surface area contributed by atoms with Gasteiger partial charge in [0, 0.05) is 11.8 Å². The first-order chi connectivity index (χ1) is 7.00. The monoisotopic (exact) mass is 210 g/mol. The van der Waals surface area contributed by atoms with Crippen molar-refractivity contribution in [3.8, 4) is 0 Å². The Morgan fingerprint density at radius 1 is 1.53 bits per heavy atom. The molecule has 0 heterocycles. The van der Waals surface area contributed by atoms with Crippen molar-refractivity contribution in [1.82, 2.24) is 0 Å². The van der Waals surface area contributed by atoms with E-state index in [4.69, 9.17) is 4.74 Å². The third-order valence-corrected chi connectivity index (χ3v) is 4.65. The Morgan fingerprint density at radius 2 is 2.20 bits per heavy atom. The zero-order valence-corrected chi connectivity index (χ0v) is 9.58. The molecule has 0 aromatic heterocycles. The number of esters is 1. The van der Waals surface area contributed by atoms with Crippen molar-refractivity contribution in [3.63, 3.8) is 0 Å². The highest BCUT2D eigenvalue weighted by Gasteiger charge is 2.56. The number of ether oxygens (including phenoxy) is 1. The standard InChI is InChI=1S/C12H18O3/c1-7-10(13)8-4-5-12(7,2)9(6-8)11(14)15-3/h7-9H,4-6H2,1-3H3/t7-,8?,9?,12-/m1/s1. The normalized spacial score (nSPS) is 44.2. The van der Waals surface area contributed by atoms with Crippen molar-refractivity contribution in [2.75, 3.05) is 7.11 Å². The number of Topliss-reactive ketones (excluding diaryl/α,β-unsaturated/α-hetero) is 1. The Hall–Kier alpha value is -0.860. The van der Waals surface area contributed by atoms with Gasteiger partial charge in [0.15, 0.2) is 0 Å². The van der Waals surface area contributed by atoms with Crippen LogP contribution in [0.3, 0.4) is 0 Å². The lowest BCUT2D eigenvalue weighted by molar-refractivity contribution is -0.166. The average Bonchev–Trinajstić information content (AvgIpc) is 2.24. The van der Waals surface area contributed by atoms with E-state index in [-0.39, 0.29) is 29.1 Å². The van der Waals surface area contributed by atoms with Crippen molar-refractivity contribution >= 4 is 11.8 Å². The SMILES string of the molecule is COC(=O)C1CC2CC[C@]1(C)[C@H](C)C2=O. The van der Waals surface area contributed by atoms with E-state index in [9.17, 15) is 9.59 Å². The van der Waals surface area contributed by atoms with E-state index in [1.165, 1.54) is 7.11 Å². The van der Waals surface area contributed by atoms with Crippen LogP contribution < -0.4 is 0 Å². The van der Waals surface area contributed by atoms with Gasteiger partial charge in [0.1, 0.15) is 5.78 Å². The minimum absolute atomic E-state index is 0.00843. The van der Waals surface area contributed by atoms with Crippen LogP contribution in [0.1, 0.15) is 33.1 Å². The summed E-state index contributed by atoms with van der Waals surface area (Å²) < 4.78 is 4.84. The highest BCUT2D eigenvalue weighted by Crippen LogP contribution is 2.55. The molecule has 15 heavy (non-hydrogen) atoms. The summed E-state index contributed by atoms with van der Waals surface area (Å²) in [5, 5.41) is 0. The molecule has 3 nitrogen and oxygen atoms in total. The van der Waals surface area contributed by atoms with Crippen LogP contribution in [-0.4, -0.2) is 18.9 Å². The molecule has 0 amide bonds. The summed E-state index contributed by atoms with van der Waals surface area (Å²) in [6.07, 6.45) is 2.63. The van der Waals surface area contributed by atoms with E-state index >= 15 is 0 Å². The summed E-state index contributed by atoms with van der Waals surface area (Å²) in [5.41, 5.74) is -0.168. The number of fused-ring (bicyclic) bond motifs is 3. The van der Waals surface area contributed by atoms with Gasteiger partial charge in [0.2, 0.25) is 0 Å². The number of methoxy groups -OCH3 is 1. The maximum Gasteiger partial charge on any atom is 0.309 e. The van der Waals surface area contributed by atoms with Gasteiger partial charge in [-0.25, -0.2) is 0 Å². The Bertz CT molecular complexity index is 310. The molecule has 84 valence electrons. The molecule has 0 aromatic rings. The molecular formula is C12H18O3. The fraction of sp³-hybridized carbons (Fsp3) is 0.833. The first kappa shape index (κ1) is 10.7.